The topological polar surface area (TPSA) is 41.5 Å². The lowest BCUT2D eigenvalue weighted by Crippen LogP contribution is -2.45. The number of aromatic hydroxyl groups is 1. The molecule has 3 heteroatoms. The van der Waals surface area contributed by atoms with E-state index in [0.29, 0.717) is 23.6 Å². The van der Waals surface area contributed by atoms with E-state index in [4.69, 9.17) is 4.74 Å². The summed E-state index contributed by atoms with van der Waals surface area (Å²) in [6, 6.07) is 4.33. The van der Waals surface area contributed by atoms with Gasteiger partial charge in [0.25, 0.3) is 0 Å². The molecule has 116 valence electrons. The third-order valence-corrected chi connectivity index (χ3v) is 5.21. The molecule has 1 aliphatic carbocycles. The highest BCUT2D eigenvalue weighted by atomic mass is 16.5. The van der Waals surface area contributed by atoms with Crippen LogP contribution in [0.15, 0.2) is 36.4 Å². The van der Waals surface area contributed by atoms with Crippen LogP contribution in [0.25, 0.3) is 0 Å². The molecule has 4 atom stereocenters. The zero-order valence-corrected chi connectivity index (χ0v) is 13.0. The van der Waals surface area contributed by atoms with Gasteiger partial charge in [0.15, 0.2) is 0 Å². The van der Waals surface area contributed by atoms with E-state index in [1.54, 1.807) is 0 Å². The van der Waals surface area contributed by atoms with Gasteiger partial charge < -0.3 is 15.2 Å². The van der Waals surface area contributed by atoms with Gasteiger partial charge in [0.05, 0.1) is 11.8 Å². The number of rotatable bonds is 1. The van der Waals surface area contributed by atoms with Crippen LogP contribution >= 0.6 is 0 Å². The van der Waals surface area contributed by atoms with Crippen molar-refractivity contribution in [2.45, 2.75) is 38.3 Å². The zero-order chi connectivity index (χ0) is 15.1. The van der Waals surface area contributed by atoms with Crippen molar-refractivity contribution in [3.63, 3.8) is 0 Å². The zero-order valence-electron chi connectivity index (χ0n) is 13.0. The first-order valence-electron chi connectivity index (χ1n) is 8.29. The van der Waals surface area contributed by atoms with Gasteiger partial charge in [-0.3, -0.25) is 0 Å². The van der Waals surface area contributed by atoms with E-state index < -0.39 is 0 Å². The first kappa shape index (κ1) is 13.9. The first-order chi connectivity index (χ1) is 10.7. The van der Waals surface area contributed by atoms with Crippen LogP contribution in [-0.4, -0.2) is 17.8 Å². The Labute approximate surface area is 131 Å². The van der Waals surface area contributed by atoms with Crippen molar-refractivity contribution in [3.05, 3.63) is 47.6 Å². The van der Waals surface area contributed by atoms with Crippen molar-refractivity contribution in [2.75, 3.05) is 11.9 Å². The van der Waals surface area contributed by atoms with Gasteiger partial charge in [-0.05, 0) is 37.8 Å². The van der Waals surface area contributed by atoms with Crippen molar-refractivity contribution in [1.82, 2.24) is 0 Å². The van der Waals surface area contributed by atoms with Crippen LogP contribution in [0.2, 0.25) is 0 Å². The summed E-state index contributed by atoms with van der Waals surface area (Å²) in [6.07, 6.45) is 12.2. The van der Waals surface area contributed by atoms with Crippen LogP contribution in [0.5, 0.6) is 5.75 Å². The fourth-order valence-corrected chi connectivity index (χ4v) is 4.23. The predicted octanol–water partition coefficient (Wildman–Crippen LogP) is 4.09. The summed E-state index contributed by atoms with van der Waals surface area (Å²) in [4.78, 5) is 0. The largest absolute Gasteiger partial charge is 0.506 e. The van der Waals surface area contributed by atoms with Crippen LogP contribution < -0.4 is 5.32 Å². The standard InChI is InChI=1S/C19H23NO2/c1-12-10-15-18(16(21)11-12)20-17(13-6-3-2-4-7-13)14-8-5-9-22-19(14)15/h2-4,6,10-11,13-14,17,19-21H,5,7-9H2,1H3/t13?,14-,17-,19-/m0/s1. The maximum absolute atomic E-state index is 10.4. The summed E-state index contributed by atoms with van der Waals surface area (Å²) in [5, 5.41) is 14.0. The Bertz CT molecular complexity index is 635. The molecule has 4 rings (SSSR count). The molecule has 0 amide bonds. The Kier molecular flexibility index (Phi) is 3.45. The molecule has 2 N–H and O–H groups in total. The average molecular weight is 297 g/mol. The molecule has 1 fully saturated rings. The lowest BCUT2D eigenvalue weighted by molar-refractivity contribution is -0.0419. The molecule has 0 saturated carbocycles. The second kappa shape index (κ2) is 5.47. The van der Waals surface area contributed by atoms with Gasteiger partial charge in [-0.15, -0.1) is 0 Å². The molecule has 1 aromatic rings. The summed E-state index contributed by atoms with van der Waals surface area (Å²) in [7, 11) is 0. The number of allylic oxidation sites excluding steroid dienone is 3. The summed E-state index contributed by atoms with van der Waals surface area (Å²) >= 11 is 0. The smallest absolute Gasteiger partial charge is 0.139 e. The first-order valence-corrected chi connectivity index (χ1v) is 8.29. The average Bonchev–Trinajstić information content (AvgIpc) is 2.55. The number of anilines is 1. The fraction of sp³-hybridized carbons (Fsp3) is 0.474. The number of phenols is 1. The Balaban J connectivity index is 1.76. The highest BCUT2D eigenvalue weighted by Crippen LogP contribution is 2.49. The van der Waals surface area contributed by atoms with Crippen LogP contribution in [0.4, 0.5) is 5.69 Å². The van der Waals surface area contributed by atoms with Crippen molar-refractivity contribution >= 4 is 5.69 Å². The van der Waals surface area contributed by atoms with E-state index in [2.05, 4.69) is 35.7 Å². The van der Waals surface area contributed by atoms with E-state index in [0.717, 1.165) is 36.3 Å². The quantitative estimate of drug-likeness (QED) is 0.767. The molecule has 0 aromatic heterocycles. The summed E-state index contributed by atoms with van der Waals surface area (Å²) in [5.41, 5.74) is 3.10. The molecule has 0 bridgehead atoms. The minimum absolute atomic E-state index is 0.111. The highest BCUT2D eigenvalue weighted by molar-refractivity contribution is 5.66. The lowest BCUT2D eigenvalue weighted by Gasteiger charge is -2.46. The van der Waals surface area contributed by atoms with Crippen molar-refractivity contribution in [2.24, 2.45) is 11.8 Å². The maximum atomic E-state index is 10.4. The van der Waals surface area contributed by atoms with Gasteiger partial charge >= 0.3 is 0 Å². The molecule has 3 aliphatic rings. The van der Waals surface area contributed by atoms with Gasteiger partial charge in [0, 0.05) is 30.0 Å². The van der Waals surface area contributed by atoms with E-state index >= 15 is 0 Å². The lowest BCUT2D eigenvalue weighted by atomic mass is 9.73. The minimum Gasteiger partial charge on any atom is -0.506 e. The Morgan fingerprint density at radius 2 is 2.18 bits per heavy atom. The molecule has 2 aliphatic heterocycles. The van der Waals surface area contributed by atoms with Gasteiger partial charge in [-0.2, -0.15) is 0 Å². The minimum atomic E-state index is 0.111. The Morgan fingerprint density at radius 1 is 1.27 bits per heavy atom. The van der Waals surface area contributed by atoms with E-state index in [1.165, 1.54) is 6.42 Å². The number of benzene rings is 1. The van der Waals surface area contributed by atoms with Gasteiger partial charge in [0.2, 0.25) is 0 Å². The molecule has 1 unspecified atom stereocenters. The van der Waals surface area contributed by atoms with Gasteiger partial charge in [0.1, 0.15) is 5.75 Å². The Hall–Kier alpha value is -1.74. The second-order valence-electron chi connectivity index (χ2n) is 6.73. The predicted molar refractivity (Wildman–Crippen MR) is 88.1 cm³/mol. The number of ether oxygens (including phenoxy) is 1. The molecule has 1 saturated heterocycles. The van der Waals surface area contributed by atoms with E-state index in [-0.39, 0.29) is 6.10 Å². The SMILES string of the molecule is Cc1cc(O)c2c(c1)[C@H]1OCCC[C@H]1[C@H](C1C=CC=CC1)N2. The molecule has 1 aromatic carbocycles. The molecule has 22 heavy (non-hydrogen) atoms. The molecule has 0 spiro atoms. The van der Waals surface area contributed by atoms with E-state index in [1.807, 2.05) is 13.0 Å². The van der Waals surface area contributed by atoms with Crippen molar-refractivity contribution in [1.29, 1.82) is 0 Å². The summed E-state index contributed by atoms with van der Waals surface area (Å²) in [6.45, 7) is 2.85. The fourth-order valence-electron chi connectivity index (χ4n) is 4.23. The number of fused-ring (bicyclic) bond motifs is 3. The maximum Gasteiger partial charge on any atom is 0.139 e. The van der Waals surface area contributed by atoms with Crippen molar-refractivity contribution < 1.29 is 9.84 Å². The third kappa shape index (κ3) is 2.24. The Morgan fingerprint density at radius 3 is 3.00 bits per heavy atom. The van der Waals surface area contributed by atoms with E-state index in [9.17, 15) is 5.11 Å². The van der Waals surface area contributed by atoms with Crippen LogP contribution in [-0.2, 0) is 4.74 Å². The number of nitrogens with one attached hydrogen (secondary N) is 1. The molecule has 2 heterocycles. The number of aryl methyl sites for hydroxylation is 1. The van der Waals surface area contributed by atoms with Crippen LogP contribution in [0.1, 0.15) is 36.5 Å². The second-order valence-corrected chi connectivity index (χ2v) is 6.73. The number of hydrogen-bond donors (Lipinski definition) is 2. The van der Waals surface area contributed by atoms with Crippen molar-refractivity contribution in [3.8, 4) is 5.75 Å². The number of phenolic OH excluding ortho intramolecular Hbond substituents is 1. The summed E-state index contributed by atoms with van der Waals surface area (Å²) < 4.78 is 6.15. The normalized spacial score (nSPS) is 33.0. The molecule has 0 radical (unpaired) electrons. The molecular formula is C19H23NO2. The van der Waals surface area contributed by atoms with Crippen LogP contribution in [0.3, 0.4) is 0 Å². The number of hydrogen-bond acceptors (Lipinski definition) is 3. The summed E-state index contributed by atoms with van der Waals surface area (Å²) in [5.74, 6) is 1.29. The monoisotopic (exact) mass is 297 g/mol. The van der Waals surface area contributed by atoms with Gasteiger partial charge in [-0.1, -0.05) is 30.4 Å². The highest BCUT2D eigenvalue weighted by Gasteiger charge is 2.42. The molecule has 3 nitrogen and oxygen atoms in total. The third-order valence-electron chi connectivity index (χ3n) is 5.21. The molecular weight excluding hydrogens is 274 g/mol. The van der Waals surface area contributed by atoms with Gasteiger partial charge in [-0.25, -0.2) is 0 Å². The van der Waals surface area contributed by atoms with Crippen LogP contribution in [0, 0.1) is 18.8 Å².